The molecule has 0 saturated carbocycles. The second-order valence-corrected chi connectivity index (χ2v) is 8.09. The molecule has 2 aromatic rings. The van der Waals surface area contributed by atoms with Gasteiger partial charge in [-0.1, -0.05) is 19.1 Å². The first-order chi connectivity index (χ1) is 10.1. The van der Waals surface area contributed by atoms with Crippen LogP contribution in [0.2, 0.25) is 0 Å². The fourth-order valence-corrected chi connectivity index (χ4v) is 4.33. The summed E-state index contributed by atoms with van der Waals surface area (Å²) in [6.07, 6.45) is 2.08. The maximum atomic E-state index is 5.31. The van der Waals surface area contributed by atoms with Crippen molar-refractivity contribution >= 4 is 43.2 Å². The second-order valence-electron chi connectivity index (χ2n) is 4.83. The molecule has 0 aliphatic carbocycles. The van der Waals surface area contributed by atoms with E-state index >= 15 is 0 Å². The molecule has 1 aromatic carbocycles. The normalized spacial score (nSPS) is 12.4. The maximum Gasteiger partial charge on any atom is 0.119 e. The van der Waals surface area contributed by atoms with Crippen LogP contribution in [-0.4, -0.2) is 13.7 Å². The van der Waals surface area contributed by atoms with E-state index in [1.54, 1.807) is 18.4 Å². The zero-order valence-corrected chi connectivity index (χ0v) is 16.1. The number of halogens is 2. The fraction of sp³-hybridized carbons (Fsp3) is 0.375. The molecule has 0 amide bonds. The van der Waals surface area contributed by atoms with E-state index < -0.39 is 0 Å². The maximum absolute atomic E-state index is 5.31. The van der Waals surface area contributed by atoms with Gasteiger partial charge in [-0.05, 0) is 75.0 Å². The largest absolute Gasteiger partial charge is 0.497 e. The lowest BCUT2D eigenvalue weighted by molar-refractivity contribution is 0.414. The second kappa shape index (κ2) is 8.32. The van der Waals surface area contributed by atoms with Crippen molar-refractivity contribution in [2.45, 2.75) is 25.8 Å². The third-order valence-corrected chi connectivity index (χ3v) is 6.59. The third kappa shape index (κ3) is 4.81. The number of methoxy groups -OCH3 is 1. The number of nitrogens with one attached hydrogen (secondary N) is 1. The van der Waals surface area contributed by atoms with Crippen molar-refractivity contribution in [3.05, 3.63) is 49.0 Å². The van der Waals surface area contributed by atoms with Gasteiger partial charge < -0.3 is 10.1 Å². The minimum absolute atomic E-state index is 0.324. The number of hydrogen-bond acceptors (Lipinski definition) is 3. The summed E-state index contributed by atoms with van der Waals surface area (Å²) >= 11 is 8.94. The number of rotatable bonds is 7. The van der Waals surface area contributed by atoms with Crippen LogP contribution in [0.5, 0.6) is 5.75 Å². The van der Waals surface area contributed by atoms with Crippen molar-refractivity contribution in [1.82, 2.24) is 5.32 Å². The smallest absolute Gasteiger partial charge is 0.119 e. The highest BCUT2D eigenvalue weighted by Gasteiger charge is 2.16. The van der Waals surface area contributed by atoms with Gasteiger partial charge in [0.1, 0.15) is 5.75 Å². The Balaban J connectivity index is 2.19. The topological polar surface area (TPSA) is 21.3 Å². The van der Waals surface area contributed by atoms with Crippen molar-refractivity contribution < 1.29 is 4.74 Å². The molecule has 0 radical (unpaired) electrons. The van der Waals surface area contributed by atoms with Gasteiger partial charge in [-0.15, -0.1) is 11.3 Å². The average molecular weight is 433 g/mol. The molecule has 1 N–H and O–H groups in total. The highest BCUT2D eigenvalue weighted by molar-refractivity contribution is 9.13. The molecule has 5 heteroatoms. The zero-order chi connectivity index (χ0) is 15.2. The first kappa shape index (κ1) is 17.0. The van der Waals surface area contributed by atoms with Crippen LogP contribution in [0.15, 0.2) is 38.6 Å². The molecule has 1 heterocycles. The molecule has 1 aromatic heterocycles. The van der Waals surface area contributed by atoms with Gasteiger partial charge in [0.2, 0.25) is 0 Å². The Morgan fingerprint density at radius 1 is 1.29 bits per heavy atom. The summed E-state index contributed by atoms with van der Waals surface area (Å²) in [5.41, 5.74) is 1.28. The summed E-state index contributed by atoms with van der Waals surface area (Å²) in [5, 5.41) is 3.64. The molecule has 0 fully saturated rings. The highest BCUT2D eigenvalue weighted by atomic mass is 79.9. The first-order valence-corrected chi connectivity index (χ1v) is 9.35. The summed E-state index contributed by atoms with van der Waals surface area (Å²) in [6, 6.07) is 10.8. The van der Waals surface area contributed by atoms with E-state index in [-0.39, 0.29) is 0 Å². The Morgan fingerprint density at radius 3 is 2.71 bits per heavy atom. The van der Waals surface area contributed by atoms with Gasteiger partial charge in [0, 0.05) is 15.4 Å². The summed E-state index contributed by atoms with van der Waals surface area (Å²) in [5.74, 6) is 0.912. The van der Waals surface area contributed by atoms with E-state index in [1.807, 2.05) is 12.1 Å². The van der Waals surface area contributed by atoms with Gasteiger partial charge in [-0.25, -0.2) is 0 Å². The molecule has 21 heavy (non-hydrogen) atoms. The van der Waals surface area contributed by atoms with E-state index in [0.717, 1.165) is 33.4 Å². The summed E-state index contributed by atoms with van der Waals surface area (Å²) in [4.78, 5) is 1.34. The van der Waals surface area contributed by atoms with E-state index in [0.29, 0.717) is 6.04 Å². The summed E-state index contributed by atoms with van der Waals surface area (Å²) in [6.45, 7) is 3.21. The zero-order valence-electron chi connectivity index (χ0n) is 12.2. The van der Waals surface area contributed by atoms with E-state index in [4.69, 9.17) is 4.74 Å². The van der Waals surface area contributed by atoms with Crippen LogP contribution >= 0.6 is 43.2 Å². The number of benzene rings is 1. The Kier molecular flexibility index (Phi) is 6.74. The molecular weight excluding hydrogens is 414 g/mol. The Hall–Kier alpha value is -0.360. The van der Waals surface area contributed by atoms with Crippen LogP contribution in [0.1, 0.15) is 29.8 Å². The van der Waals surface area contributed by atoms with Gasteiger partial charge in [-0.2, -0.15) is 0 Å². The van der Waals surface area contributed by atoms with Gasteiger partial charge in [0.05, 0.1) is 10.9 Å². The molecule has 2 rings (SSSR count). The lowest BCUT2D eigenvalue weighted by atomic mass is 10.0. The minimum Gasteiger partial charge on any atom is -0.497 e. The molecule has 114 valence electrons. The standard InChI is InChI=1S/C16H19Br2NOS/c1-3-7-19-14(15-10-13(17)16(18)21-15)9-11-5-4-6-12(8-11)20-2/h4-6,8,10,14,19H,3,7,9H2,1-2H3. The number of ether oxygens (including phenoxy) is 1. The van der Waals surface area contributed by atoms with Crippen LogP contribution in [0.4, 0.5) is 0 Å². The van der Waals surface area contributed by atoms with E-state index in [2.05, 4.69) is 62.3 Å². The van der Waals surface area contributed by atoms with Crippen LogP contribution in [-0.2, 0) is 6.42 Å². The molecular formula is C16H19Br2NOS. The summed E-state index contributed by atoms with van der Waals surface area (Å²) < 4.78 is 7.58. The van der Waals surface area contributed by atoms with E-state index in [1.165, 1.54) is 10.4 Å². The number of thiophene rings is 1. The molecule has 0 bridgehead atoms. The lowest BCUT2D eigenvalue weighted by Crippen LogP contribution is -2.23. The number of hydrogen-bond donors (Lipinski definition) is 1. The van der Waals surface area contributed by atoms with Crippen molar-refractivity contribution in [3.63, 3.8) is 0 Å². The van der Waals surface area contributed by atoms with Crippen molar-refractivity contribution in [3.8, 4) is 5.75 Å². The van der Waals surface area contributed by atoms with Crippen LogP contribution in [0, 0.1) is 0 Å². The molecule has 1 atom stereocenters. The van der Waals surface area contributed by atoms with Crippen molar-refractivity contribution in [1.29, 1.82) is 0 Å². The van der Waals surface area contributed by atoms with Crippen molar-refractivity contribution in [2.24, 2.45) is 0 Å². The third-order valence-electron chi connectivity index (χ3n) is 3.22. The Bertz CT molecular complexity index is 566. The molecule has 0 aliphatic heterocycles. The molecule has 0 saturated heterocycles. The van der Waals surface area contributed by atoms with E-state index in [9.17, 15) is 0 Å². The Morgan fingerprint density at radius 2 is 2.10 bits per heavy atom. The highest BCUT2D eigenvalue weighted by Crippen LogP contribution is 2.36. The monoisotopic (exact) mass is 431 g/mol. The fourth-order valence-electron chi connectivity index (χ4n) is 2.16. The van der Waals surface area contributed by atoms with Gasteiger partial charge in [-0.3, -0.25) is 0 Å². The van der Waals surface area contributed by atoms with Crippen molar-refractivity contribution in [2.75, 3.05) is 13.7 Å². The SMILES string of the molecule is CCCNC(Cc1cccc(OC)c1)c1cc(Br)c(Br)s1. The van der Waals surface area contributed by atoms with Gasteiger partial charge in [0.15, 0.2) is 0 Å². The van der Waals surface area contributed by atoms with Gasteiger partial charge in [0.25, 0.3) is 0 Å². The van der Waals surface area contributed by atoms with Gasteiger partial charge >= 0.3 is 0 Å². The molecule has 0 aliphatic rings. The molecule has 2 nitrogen and oxygen atoms in total. The van der Waals surface area contributed by atoms with Crippen LogP contribution in [0.3, 0.4) is 0 Å². The average Bonchev–Trinajstić information content (AvgIpc) is 2.83. The Labute approximate surface area is 147 Å². The minimum atomic E-state index is 0.324. The molecule has 0 spiro atoms. The lowest BCUT2D eigenvalue weighted by Gasteiger charge is -2.17. The predicted octanol–water partition coefficient (Wildman–Crippen LogP) is 5.57. The first-order valence-electron chi connectivity index (χ1n) is 6.95. The van der Waals surface area contributed by atoms with Crippen LogP contribution in [0.25, 0.3) is 0 Å². The van der Waals surface area contributed by atoms with Crippen LogP contribution < -0.4 is 10.1 Å². The summed E-state index contributed by atoms with van der Waals surface area (Å²) in [7, 11) is 1.71. The molecule has 1 unspecified atom stereocenters. The quantitative estimate of drug-likeness (QED) is 0.617. The predicted molar refractivity (Wildman–Crippen MR) is 97.5 cm³/mol.